The molecule has 0 spiro atoms. The lowest BCUT2D eigenvalue weighted by Crippen LogP contribution is -2.50. The third-order valence-electron chi connectivity index (χ3n) is 5.42. The van der Waals surface area contributed by atoms with E-state index in [9.17, 15) is 18.0 Å². The van der Waals surface area contributed by atoms with E-state index in [0.717, 1.165) is 11.5 Å². The zero-order chi connectivity index (χ0) is 22.7. The molecule has 2 aliphatic heterocycles. The Morgan fingerprint density at radius 3 is 2.53 bits per heavy atom. The smallest absolute Gasteiger partial charge is 0.270 e. The van der Waals surface area contributed by atoms with Crippen LogP contribution in [0.2, 0.25) is 0 Å². The van der Waals surface area contributed by atoms with Crippen molar-refractivity contribution in [3.05, 3.63) is 29.8 Å². The van der Waals surface area contributed by atoms with E-state index in [1.165, 1.54) is 16.6 Å². The molecule has 2 aromatic rings. The molecule has 2 fully saturated rings. The van der Waals surface area contributed by atoms with Crippen LogP contribution in [-0.4, -0.2) is 102 Å². The van der Waals surface area contributed by atoms with E-state index in [4.69, 9.17) is 4.52 Å². The number of rotatable bonds is 6. The van der Waals surface area contributed by atoms with Gasteiger partial charge in [-0.1, -0.05) is 5.16 Å². The number of amides is 2. The average molecular weight is 483 g/mol. The van der Waals surface area contributed by atoms with Gasteiger partial charge in [-0.15, -0.1) is 0 Å². The van der Waals surface area contributed by atoms with Crippen LogP contribution in [-0.2, 0) is 14.8 Å². The van der Waals surface area contributed by atoms with E-state index >= 15 is 0 Å². The van der Waals surface area contributed by atoms with Crippen LogP contribution < -0.4 is 5.32 Å². The van der Waals surface area contributed by atoms with Crippen LogP contribution in [0.1, 0.15) is 16.2 Å². The third kappa shape index (κ3) is 5.17. The molecule has 0 aliphatic carbocycles. The van der Waals surface area contributed by atoms with Gasteiger partial charge in [-0.05, 0) is 13.0 Å². The topological polar surface area (TPSA) is 132 Å². The van der Waals surface area contributed by atoms with Gasteiger partial charge in [0.2, 0.25) is 15.9 Å². The van der Waals surface area contributed by atoms with E-state index in [0.29, 0.717) is 50.8 Å². The second-order valence-corrected chi connectivity index (χ2v) is 10.9. The van der Waals surface area contributed by atoms with E-state index in [1.54, 1.807) is 29.7 Å². The lowest BCUT2D eigenvalue weighted by atomic mass is 10.2. The molecule has 0 radical (unpaired) electrons. The van der Waals surface area contributed by atoms with Crippen LogP contribution in [0.5, 0.6) is 0 Å². The number of anilines is 1. The van der Waals surface area contributed by atoms with E-state index in [1.807, 2.05) is 4.90 Å². The molecule has 2 aliphatic rings. The summed E-state index contributed by atoms with van der Waals surface area (Å²) in [6.07, 6.45) is 1.39. The first kappa shape index (κ1) is 22.8. The van der Waals surface area contributed by atoms with Gasteiger partial charge >= 0.3 is 0 Å². The summed E-state index contributed by atoms with van der Waals surface area (Å²) in [7, 11) is -3.60. The van der Waals surface area contributed by atoms with Gasteiger partial charge in [0, 0.05) is 63.0 Å². The summed E-state index contributed by atoms with van der Waals surface area (Å²) in [5, 5.41) is 6.42. The monoisotopic (exact) mass is 482 g/mol. The van der Waals surface area contributed by atoms with Crippen molar-refractivity contribution < 1.29 is 22.5 Å². The minimum absolute atomic E-state index is 0.117. The molecule has 13 heteroatoms. The maximum atomic E-state index is 12.9. The molecule has 4 heterocycles. The molecule has 4 rings (SSSR count). The van der Waals surface area contributed by atoms with Crippen LogP contribution >= 0.6 is 11.8 Å². The average Bonchev–Trinajstić information content (AvgIpc) is 3.44. The lowest BCUT2D eigenvalue weighted by Gasteiger charge is -2.34. The normalized spacial score (nSPS) is 18.6. The molecule has 0 bridgehead atoms. The zero-order valence-corrected chi connectivity index (χ0v) is 19.4. The number of aromatic nitrogens is 2. The summed E-state index contributed by atoms with van der Waals surface area (Å²) in [6, 6.07) is 3.06. The largest absolute Gasteiger partial charge is 0.360 e. The fraction of sp³-hybridized carbons (Fsp3) is 0.526. The van der Waals surface area contributed by atoms with Crippen molar-refractivity contribution in [3.8, 4) is 0 Å². The second kappa shape index (κ2) is 9.65. The highest BCUT2D eigenvalue weighted by atomic mass is 32.2. The number of thioether (sulfide) groups is 1. The number of nitrogens with zero attached hydrogens (tertiary/aromatic N) is 4. The van der Waals surface area contributed by atoms with Gasteiger partial charge in [0.05, 0.1) is 6.54 Å². The van der Waals surface area contributed by atoms with Gasteiger partial charge in [0.15, 0.2) is 5.82 Å². The number of hydrogen-bond donors (Lipinski definition) is 2. The Morgan fingerprint density at radius 1 is 1.16 bits per heavy atom. The van der Waals surface area contributed by atoms with Gasteiger partial charge in [-0.25, -0.2) is 8.42 Å². The Hall–Kier alpha value is -2.35. The second-order valence-electron chi connectivity index (χ2n) is 7.70. The molecule has 2 aromatic heterocycles. The van der Waals surface area contributed by atoms with Crippen LogP contribution in [0.15, 0.2) is 27.7 Å². The number of hydrogen-bond acceptors (Lipinski definition) is 8. The van der Waals surface area contributed by atoms with Crippen molar-refractivity contribution in [1.29, 1.82) is 0 Å². The first-order valence-electron chi connectivity index (χ1n) is 10.3. The van der Waals surface area contributed by atoms with Crippen LogP contribution in [0, 0.1) is 6.92 Å². The highest BCUT2D eigenvalue weighted by Crippen LogP contribution is 2.21. The maximum Gasteiger partial charge on any atom is 0.270 e. The number of carbonyl (C=O) groups excluding carboxylic acids is 2. The molecule has 174 valence electrons. The van der Waals surface area contributed by atoms with Crippen LogP contribution in [0.4, 0.5) is 5.82 Å². The van der Waals surface area contributed by atoms with Gasteiger partial charge in [-0.2, -0.15) is 16.1 Å². The van der Waals surface area contributed by atoms with Crippen molar-refractivity contribution in [3.63, 3.8) is 0 Å². The first-order valence-corrected chi connectivity index (χ1v) is 12.9. The minimum Gasteiger partial charge on any atom is -0.360 e. The summed E-state index contributed by atoms with van der Waals surface area (Å²) < 4.78 is 32.0. The molecule has 32 heavy (non-hydrogen) atoms. The van der Waals surface area contributed by atoms with E-state index in [-0.39, 0.29) is 28.9 Å². The number of piperazine rings is 1. The molecule has 2 N–H and O–H groups in total. The number of H-pyrrole nitrogens is 1. The first-order chi connectivity index (χ1) is 15.3. The third-order valence-corrected chi connectivity index (χ3v) is 8.24. The Bertz CT molecular complexity index is 1070. The van der Waals surface area contributed by atoms with Crippen molar-refractivity contribution >= 4 is 39.4 Å². The van der Waals surface area contributed by atoms with Crippen molar-refractivity contribution in [1.82, 2.24) is 24.2 Å². The molecule has 11 nitrogen and oxygen atoms in total. The van der Waals surface area contributed by atoms with Gasteiger partial charge in [0.1, 0.15) is 16.3 Å². The van der Waals surface area contributed by atoms with Gasteiger partial charge in [-0.3, -0.25) is 14.5 Å². The van der Waals surface area contributed by atoms with E-state index < -0.39 is 10.0 Å². The lowest BCUT2D eigenvalue weighted by molar-refractivity contribution is -0.117. The molecule has 2 saturated heterocycles. The highest BCUT2D eigenvalue weighted by molar-refractivity contribution is 7.99. The SMILES string of the molecule is Cc1cc(NC(=O)CN2CCN(C(=O)c3cc(S(=O)(=O)N4CCSCC4)c[nH]3)CC2)no1. The fourth-order valence-corrected chi connectivity index (χ4v) is 6.24. The number of aryl methyl sites for hydroxylation is 1. The number of sulfonamides is 1. The maximum absolute atomic E-state index is 12.9. The summed E-state index contributed by atoms with van der Waals surface area (Å²) >= 11 is 1.73. The van der Waals surface area contributed by atoms with Crippen molar-refractivity contribution in [2.24, 2.45) is 0 Å². The number of carbonyl (C=O) groups is 2. The van der Waals surface area contributed by atoms with Crippen molar-refractivity contribution in [2.75, 3.05) is 62.6 Å². The quantitative estimate of drug-likeness (QED) is 0.606. The standard InChI is InChI=1S/C19H26N6O5S2/c1-14-10-17(22-30-14)21-18(26)13-23-2-4-24(5-3-23)19(27)16-11-15(12-20-16)32(28,29)25-6-8-31-9-7-25/h10-12,20H,2-9,13H2,1H3,(H,21,22,26). The Balaban J connectivity index is 1.29. The highest BCUT2D eigenvalue weighted by Gasteiger charge is 2.29. The van der Waals surface area contributed by atoms with E-state index in [2.05, 4.69) is 15.5 Å². The molecular weight excluding hydrogens is 456 g/mol. The predicted molar refractivity (Wildman–Crippen MR) is 119 cm³/mol. The number of nitrogens with one attached hydrogen (secondary N) is 2. The van der Waals surface area contributed by atoms with Crippen LogP contribution in [0.25, 0.3) is 0 Å². The van der Waals surface area contributed by atoms with Gasteiger partial charge < -0.3 is 19.7 Å². The summed E-state index contributed by atoms with van der Waals surface area (Å²) in [6.45, 7) is 4.85. The Morgan fingerprint density at radius 2 is 1.88 bits per heavy atom. The predicted octanol–water partition coefficient (Wildman–Crippen LogP) is 0.445. The molecule has 0 aromatic carbocycles. The summed E-state index contributed by atoms with van der Waals surface area (Å²) in [5.41, 5.74) is 0.252. The van der Waals surface area contributed by atoms with Gasteiger partial charge in [0.25, 0.3) is 5.91 Å². The number of aromatic amines is 1. The Labute approximate surface area is 190 Å². The Kier molecular flexibility index (Phi) is 6.88. The van der Waals surface area contributed by atoms with Crippen molar-refractivity contribution in [2.45, 2.75) is 11.8 Å². The molecule has 0 saturated carbocycles. The minimum atomic E-state index is -3.60. The zero-order valence-electron chi connectivity index (χ0n) is 17.7. The fourth-order valence-electron chi connectivity index (χ4n) is 3.67. The van der Waals surface area contributed by atoms with Crippen LogP contribution in [0.3, 0.4) is 0 Å². The molecular formula is C19H26N6O5S2. The molecule has 0 unspecified atom stereocenters. The molecule has 0 atom stereocenters. The summed E-state index contributed by atoms with van der Waals surface area (Å²) in [4.78, 5) is 31.6. The molecule has 2 amide bonds. The summed E-state index contributed by atoms with van der Waals surface area (Å²) in [5.74, 6) is 2.09.